The van der Waals surface area contributed by atoms with Gasteiger partial charge in [0, 0.05) is 19.1 Å². The molecule has 0 bridgehead atoms. The third-order valence-corrected chi connectivity index (χ3v) is 4.82. The normalized spacial score (nSPS) is 26.4. The maximum Gasteiger partial charge on any atom is 0.227 e. The molecule has 2 N–H and O–H groups in total. The van der Waals surface area contributed by atoms with Crippen LogP contribution in [0.2, 0.25) is 0 Å². The zero-order valence-corrected chi connectivity index (χ0v) is 14.8. The molecule has 1 rings (SSSR count). The van der Waals surface area contributed by atoms with Gasteiger partial charge < -0.3 is 10.6 Å². The van der Waals surface area contributed by atoms with Gasteiger partial charge in [0.1, 0.15) is 0 Å². The highest BCUT2D eigenvalue weighted by Crippen LogP contribution is 2.30. The second kappa shape index (κ2) is 8.77. The van der Waals surface area contributed by atoms with Crippen LogP contribution in [0.25, 0.3) is 0 Å². The van der Waals surface area contributed by atoms with Crippen LogP contribution < -0.4 is 5.73 Å². The first-order chi connectivity index (χ1) is 9.82. The van der Waals surface area contributed by atoms with E-state index in [0.29, 0.717) is 23.7 Å². The van der Waals surface area contributed by atoms with Crippen molar-refractivity contribution in [3.63, 3.8) is 0 Å². The van der Waals surface area contributed by atoms with Gasteiger partial charge in [0.15, 0.2) is 0 Å². The van der Waals surface area contributed by atoms with Crippen molar-refractivity contribution in [3.8, 4) is 0 Å². The van der Waals surface area contributed by atoms with E-state index in [1.165, 1.54) is 6.42 Å². The van der Waals surface area contributed by atoms with Crippen molar-refractivity contribution in [1.29, 1.82) is 0 Å². The van der Waals surface area contributed by atoms with Gasteiger partial charge in [0.2, 0.25) is 5.91 Å². The number of hydrogen-bond donors (Lipinski definition) is 1. The maximum absolute atomic E-state index is 13.0. The van der Waals surface area contributed by atoms with E-state index >= 15 is 0 Å². The molecule has 1 aliphatic rings. The highest BCUT2D eigenvalue weighted by Gasteiger charge is 2.36. The summed E-state index contributed by atoms with van der Waals surface area (Å²) >= 11 is 0. The van der Waals surface area contributed by atoms with Crippen LogP contribution in [-0.2, 0) is 4.79 Å². The zero-order chi connectivity index (χ0) is 16.0. The van der Waals surface area contributed by atoms with Crippen molar-refractivity contribution in [1.82, 2.24) is 4.90 Å². The quantitative estimate of drug-likeness (QED) is 0.779. The summed E-state index contributed by atoms with van der Waals surface area (Å²) in [5.41, 5.74) is 6.27. The van der Waals surface area contributed by atoms with Gasteiger partial charge in [-0.15, -0.1) is 0 Å². The molecule has 0 aromatic rings. The average Bonchev–Trinajstić information content (AvgIpc) is 2.37. The first-order valence-electron chi connectivity index (χ1n) is 8.87. The zero-order valence-electron chi connectivity index (χ0n) is 14.8. The van der Waals surface area contributed by atoms with Gasteiger partial charge in [0.05, 0.1) is 5.92 Å². The van der Waals surface area contributed by atoms with E-state index in [1.807, 2.05) is 0 Å². The van der Waals surface area contributed by atoms with Crippen molar-refractivity contribution in [2.24, 2.45) is 29.4 Å². The van der Waals surface area contributed by atoms with Gasteiger partial charge in [-0.25, -0.2) is 0 Å². The van der Waals surface area contributed by atoms with Crippen LogP contribution in [-0.4, -0.2) is 29.9 Å². The molecule has 0 spiro atoms. The predicted octanol–water partition coefficient (Wildman–Crippen LogP) is 3.67. The molecule has 3 nitrogen and oxygen atoms in total. The topological polar surface area (TPSA) is 46.3 Å². The first-order valence-corrected chi connectivity index (χ1v) is 8.87. The number of rotatable bonds is 7. The van der Waals surface area contributed by atoms with Crippen molar-refractivity contribution >= 4 is 5.91 Å². The van der Waals surface area contributed by atoms with E-state index in [0.717, 1.165) is 38.8 Å². The Balaban J connectivity index is 2.71. The van der Waals surface area contributed by atoms with E-state index in [9.17, 15) is 4.79 Å². The average molecular weight is 296 g/mol. The van der Waals surface area contributed by atoms with Crippen LogP contribution in [0.4, 0.5) is 0 Å². The number of carbonyl (C=O) groups is 1. The Kier molecular flexibility index (Phi) is 7.72. The third kappa shape index (κ3) is 5.98. The Morgan fingerprint density at radius 3 is 2.05 bits per heavy atom. The van der Waals surface area contributed by atoms with Crippen molar-refractivity contribution in [2.75, 3.05) is 13.1 Å². The molecule has 3 unspecified atom stereocenters. The molecule has 0 aromatic heterocycles. The lowest BCUT2D eigenvalue weighted by molar-refractivity contribution is -0.139. The summed E-state index contributed by atoms with van der Waals surface area (Å²) in [4.78, 5) is 15.1. The molecular formula is C18H36N2O. The summed E-state index contributed by atoms with van der Waals surface area (Å²) < 4.78 is 0. The number of hydrogen-bond acceptors (Lipinski definition) is 2. The fourth-order valence-electron chi connectivity index (χ4n) is 3.25. The van der Waals surface area contributed by atoms with Gasteiger partial charge >= 0.3 is 0 Å². The Morgan fingerprint density at radius 1 is 1.10 bits per heavy atom. The minimum Gasteiger partial charge on any atom is -0.342 e. The number of nitrogens with zero attached hydrogens (tertiary/aromatic N) is 1. The molecule has 124 valence electrons. The van der Waals surface area contributed by atoms with E-state index in [-0.39, 0.29) is 12.0 Å². The van der Waals surface area contributed by atoms with Crippen LogP contribution in [0.3, 0.4) is 0 Å². The standard InChI is InChI=1S/C18H36N2O/c1-13(2)9-11-20(12-10-14(3)4)18(21)17-15(5)7-6-8-16(17)19/h13-17H,6-12,19H2,1-5H3. The molecule has 0 saturated heterocycles. The molecule has 0 heterocycles. The molecule has 1 fully saturated rings. The Bertz CT molecular complexity index is 292. The third-order valence-electron chi connectivity index (χ3n) is 4.82. The van der Waals surface area contributed by atoms with Gasteiger partial charge in [-0.1, -0.05) is 41.0 Å². The van der Waals surface area contributed by atoms with Crippen molar-refractivity contribution in [3.05, 3.63) is 0 Å². The Morgan fingerprint density at radius 2 is 1.62 bits per heavy atom. The minimum absolute atomic E-state index is 0.0399. The molecule has 1 saturated carbocycles. The SMILES string of the molecule is CC(C)CCN(CCC(C)C)C(=O)C1C(C)CCCC1N. The summed E-state index contributed by atoms with van der Waals surface area (Å²) in [7, 11) is 0. The molecule has 1 amide bonds. The lowest BCUT2D eigenvalue weighted by Crippen LogP contribution is -2.49. The van der Waals surface area contributed by atoms with Gasteiger partial charge in [-0.05, 0) is 43.4 Å². The number of nitrogens with two attached hydrogens (primary N) is 1. The Labute approximate surface area is 131 Å². The van der Waals surface area contributed by atoms with E-state index in [2.05, 4.69) is 39.5 Å². The molecule has 1 aliphatic carbocycles. The molecule has 3 atom stereocenters. The monoisotopic (exact) mass is 296 g/mol. The van der Waals surface area contributed by atoms with Gasteiger partial charge in [0.25, 0.3) is 0 Å². The van der Waals surface area contributed by atoms with Crippen LogP contribution >= 0.6 is 0 Å². The Hall–Kier alpha value is -0.570. The molecule has 0 aromatic carbocycles. The van der Waals surface area contributed by atoms with Crippen molar-refractivity contribution in [2.45, 2.75) is 72.8 Å². The lowest BCUT2D eigenvalue weighted by Gasteiger charge is -2.37. The summed E-state index contributed by atoms with van der Waals surface area (Å²) in [5.74, 6) is 2.06. The van der Waals surface area contributed by atoms with E-state index < -0.39 is 0 Å². The summed E-state index contributed by atoms with van der Waals surface area (Å²) in [6.45, 7) is 12.9. The summed E-state index contributed by atoms with van der Waals surface area (Å²) in [5, 5.41) is 0. The molecule has 0 radical (unpaired) electrons. The van der Waals surface area contributed by atoms with Crippen LogP contribution in [0, 0.1) is 23.7 Å². The molecule has 0 aliphatic heterocycles. The smallest absolute Gasteiger partial charge is 0.227 e. The van der Waals surface area contributed by atoms with Gasteiger partial charge in [-0.3, -0.25) is 4.79 Å². The van der Waals surface area contributed by atoms with Crippen LogP contribution in [0.1, 0.15) is 66.7 Å². The first kappa shape index (κ1) is 18.5. The van der Waals surface area contributed by atoms with Crippen LogP contribution in [0.15, 0.2) is 0 Å². The van der Waals surface area contributed by atoms with E-state index in [4.69, 9.17) is 5.73 Å². The molecule has 21 heavy (non-hydrogen) atoms. The fraction of sp³-hybridized carbons (Fsp3) is 0.944. The molecular weight excluding hydrogens is 260 g/mol. The largest absolute Gasteiger partial charge is 0.342 e. The second-order valence-corrected chi connectivity index (χ2v) is 7.79. The fourth-order valence-corrected chi connectivity index (χ4v) is 3.25. The van der Waals surface area contributed by atoms with Crippen LogP contribution in [0.5, 0.6) is 0 Å². The summed E-state index contributed by atoms with van der Waals surface area (Å²) in [6, 6.07) is 0.0573. The van der Waals surface area contributed by atoms with Gasteiger partial charge in [-0.2, -0.15) is 0 Å². The van der Waals surface area contributed by atoms with Crippen molar-refractivity contribution < 1.29 is 4.79 Å². The highest BCUT2D eigenvalue weighted by atomic mass is 16.2. The minimum atomic E-state index is 0.0399. The number of carbonyl (C=O) groups excluding carboxylic acids is 1. The second-order valence-electron chi connectivity index (χ2n) is 7.79. The summed E-state index contributed by atoms with van der Waals surface area (Å²) in [6.07, 6.45) is 5.49. The predicted molar refractivity (Wildman–Crippen MR) is 90.0 cm³/mol. The highest BCUT2D eigenvalue weighted by molar-refractivity contribution is 5.80. The maximum atomic E-state index is 13.0. The number of amides is 1. The lowest BCUT2D eigenvalue weighted by atomic mass is 9.76. The molecule has 3 heteroatoms. The van der Waals surface area contributed by atoms with E-state index in [1.54, 1.807) is 0 Å².